The molecule has 4 nitrogen and oxygen atoms in total. The molecule has 0 unspecified atom stereocenters. The fraction of sp³-hybridized carbons (Fsp3) is 0.125. The maximum Gasteiger partial charge on any atom is 0.172 e. The van der Waals surface area contributed by atoms with Gasteiger partial charge in [-0.25, -0.2) is 9.37 Å². The summed E-state index contributed by atoms with van der Waals surface area (Å²) in [5.41, 5.74) is 8.00. The van der Waals surface area contributed by atoms with E-state index in [2.05, 4.69) is 4.98 Å². The number of ketones is 1. The van der Waals surface area contributed by atoms with Crippen LogP contribution in [-0.4, -0.2) is 15.3 Å². The lowest BCUT2D eigenvalue weighted by molar-refractivity contribution is 0.0990. The van der Waals surface area contributed by atoms with Crippen LogP contribution in [0.1, 0.15) is 16.2 Å². The number of nitrogen functional groups attached to an aromatic ring is 1. The minimum atomic E-state index is -0.474. The van der Waals surface area contributed by atoms with Gasteiger partial charge >= 0.3 is 0 Å². The number of rotatable bonds is 3. The number of aryl methyl sites for hydroxylation is 1. The molecule has 0 amide bonds. The monoisotopic (exact) mass is 283 g/mol. The number of benzene rings is 2. The van der Waals surface area contributed by atoms with Gasteiger partial charge < -0.3 is 10.3 Å². The van der Waals surface area contributed by atoms with Crippen LogP contribution >= 0.6 is 0 Å². The molecular weight excluding hydrogens is 269 g/mol. The molecule has 0 aliphatic rings. The number of aromatic nitrogens is 2. The van der Waals surface area contributed by atoms with E-state index in [0.29, 0.717) is 5.82 Å². The van der Waals surface area contributed by atoms with E-state index in [1.807, 2.05) is 35.9 Å². The molecular formula is C16H14FN3O. The van der Waals surface area contributed by atoms with Crippen LogP contribution < -0.4 is 5.73 Å². The topological polar surface area (TPSA) is 60.9 Å². The number of hydrogen-bond donors (Lipinski definition) is 1. The number of carbonyl (C=O) groups is 1. The van der Waals surface area contributed by atoms with Crippen molar-refractivity contribution < 1.29 is 9.18 Å². The number of fused-ring (bicyclic) bond motifs is 1. The van der Waals surface area contributed by atoms with Crippen molar-refractivity contribution in [2.75, 3.05) is 5.73 Å². The first-order chi connectivity index (χ1) is 10.1. The maximum absolute atomic E-state index is 13.3. The third-order valence-corrected chi connectivity index (χ3v) is 3.51. The Morgan fingerprint density at radius 1 is 1.29 bits per heavy atom. The maximum atomic E-state index is 13.3. The molecule has 5 heteroatoms. The van der Waals surface area contributed by atoms with E-state index in [0.717, 1.165) is 11.0 Å². The number of nitrogens with two attached hydrogens (primary N) is 1. The molecule has 0 bridgehead atoms. The van der Waals surface area contributed by atoms with Gasteiger partial charge in [0, 0.05) is 18.3 Å². The van der Waals surface area contributed by atoms with Gasteiger partial charge in [-0.15, -0.1) is 0 Å². The van der Waals surface area contributed by atoms with Crippen LogP contribution in [0.3, 0.4) is 0 Å². The Bertz CT molecular complexity index is 839. The highest BCUT2D eigenvalue weighted by atomic mass is 19.1. The van der Waals surface area contributed by atoms with Crippen LogP contribution in [0, 0.1) is 5.82 Å². The van der Waals surface area contributed by atoms with Crippen LogP contribution in [0.5, 0.6) is 0 Å². The summed E-state index contributed by atoms with van der Waals surface area (Å²) < 4.78 is 15.1. The lowest BCUT2D eigenvalue weighted by Gasteiger charge is -2.05. The summed E-state index contributed by atoms with van der Waals surface area (Å²) in [6.45, 7) is 0. The summed E-state index contributed by atoms with van der Waals surface area (Å²) in [4.78, 5) is 16.8. The van der Waals surface area contributed by atoms with Gasteiger partial charge in [-0.2, -0.15) is 0 Å². The minimum absolute atomic E-state index is 0.0822. The van der Waals surface area contributed by atoms with Gasteiger partial charge in [0.25, 0.3) is 0 Å². The largest absolute Gasteiger partial charge is 0.398 e. The Morgan fingerprint density at radius 2 is 2.05 bits per heavy atom. The number of carbonyl (C=O) groups excluding carboxylic acids is 1. The molecule has 1 heterocycles. The zero-order chi connectivity index (χ0) is 15.0. The number of imidazole rings is 1. The first-order valence-corrected chi connectivity index (χ1v) is 6.55. The summed E-state index contributed by atoms with van der Waals surface area (Å²) in [6, 6.07) is 11.4. The number of para-hydroxylation sites is 2. The molecule has 0 spiro atoms. The fourth-order valence-electron chi connectivity index (χ4n) is 2.36. The van der Waals surface area contributed by atoms with Gasteiger partial charge in [-0.05, 0) is 30.3 Å². The molecule has 3 aromatic rings. The number of Topliss-reactive ketones (excluding diaryl/α,β-unsaturated/α-hetero) is 1. The molecule has 0 atom stereocenters. The second kappa shape index (κ2) is 5.01. The Hall–Kier alpha value is -2.69. The van der Waals surface area contributed by atoms with Crippen LogP contribution in [0.2, 0.25) is 0 Å². The van der Waals surface area contributed by atoms with E-state index in [4.69, 9.17) is 5.73 Å². The average molecular weight is 283 g/mol. The summed E-state index contributed by atoms with van der Waals surface area (Å²) in [5.74, 6) is -0.0900. The molecule has 0 saturated heterocycles. The normalized spacial score (nSPS) is 11.0. The quantitative estimate of drug-likeness (QED) is 0.594. The molecule has 0 radical (unpaired) electrons. The first kappa shape index (κ1) is 13.3. The molecule has 0 saturated carbocycles. The molecule has 21 heavy (non-hydrogen) atoms. The van der Waals surface area contributed by atoms with Crippen LogP contribution in [0.25, 0.3) is 11.0 Å². The number of halogens is 1. The molecule has 2 aromatic carbocycles. The van der Waals surface area contributed by atoms with Crippen molar-refractivity contribution in [2.24, 2.45) is 7.05 Å². The Labute approximate surface area is 121 Å². The molecule has 0 aliphatic carbocycles. The van der Waals surface area contributed by atoms with E-state index in [-0.39, 0.29) is 23.5 Å². The van der Waals surface area contributed by atoms with E-state index in [1.165, 1.54) is 18.2 Å². The lowest BCUT2D eigenvalue weighted by atomic mass is 10.1. The van der Waals surface area contributed by atoms with Crippen molar-refractivity contribution in [1.82, 2.24) is 9.55 Å². The van der Waals surface area contributed by atoms with Gasteiger partial charge in [0.15, 0.2) is 5.78 Å². The van der Waals surface area contributed by atoms with Crippen molar-refractivity contribution in [1.29, 1.82) is 0 Å². The molecule has 0 aliphatic heterocycles. The third-order valence-electron chi connectivity index (χ3n) is 3.51. The zero-order valence-electron chi connectivity index (χ0n) is 11.5. The summed E-state index contributed by atoms with van der Waals surface area (Å²) in [7, 11) is 1.85. The van der Waals surface area contributed by atoms with E-state index >= 15 is 0 Å². The zero-order valence-corrected chi connectivity index (χ0v) is 11.5. The van der Waals surface area contributed by atoms with Crippen molar-refractivity contribution in [3.05, 3.63) is 59.7 Å². The molecule has 1 aromatic heterocycles. The third kappa shape index (κ3) is 2.38. The SMILES string of the molecule is Cn1c(CC(=O)c2cc(F)ccc2N)nc2ccccc21. The van der Waals surface area contributed by atoms with Gasteiger partial charge in [-0.3, -0.25) is 4.79 Å². The highest BCUT2D eigenvalue weighted by Gasteiger charge is 2.15. The van der Waals surface area contributed by atoms with Gasteiger partial charge in [0.05, 0.1) is 17.5 Å². The predicted octanol–water partition coefficient (Wildman–Crippen LogP) is 2.72. The Kier molecular flexibility index (Phi) is 3.17. The molecule has 3 rings (SSSR count). The highest BCUT2D eigenvalue weighted by Crippen LogP contribution is 2.19. The molecule has 2 N–H and O–H groups in total. The van der Waals surface area contributed by atoms with E-state index in [9.17, 15) is 9.18 Å². The summed E-state index contributed by atoms with van der Waals surface area (Å²) >= 11 is 0. The fourth-order valence-corrected chi connectivity index (χ4v) is 2.36. The van der Waals surface area contributed by atoms with Crippen molar-refractivity contribution in [3.8, 4) is 0 Å². The molecule has 106 valence electrons. The summed E-state index contributed by atoms with van der Waals surface area (Å²) in [5, 5.41) is 0. The second-order valence-electron chi connectivity index (χ2n) is 4.91. The number of hydrogen-bond acceptors (Lipinski definition) is 3. The van der Waals surface area contributed by atoms with Crippen LogP contribution in [0.15, 0.2) is 42.5 Å². The van der Waals surface area contributed by atoms with E-state index in [1.54, 1.807) is 0 Å². The first-order valence-electron chi connectivity index (χ1n) is 6.55. The van der Waals surface area contributed by atoms with Gasteiger partial charge in [0.2, 0.25) is 0 Å². The lowest BCUT2D eigenvalue weighted by Crippen LogP contribution is -2.11. The van der Waals surface area contributed by atoms with Crippen molar-refractivity contribution in [2.45, 2.75) is 6.42 Å². The minimum Gasteiger partial charge on any atom is -0.398 e. The van der Waals surface area contributed by atoms with Gasteiger partial charge in [-0.1, -0.05) is 12.1 Å². The highest BCUT2D eigenvalue weighted by molar-refractivity contribution is 6.01. The Balaban J connectivity index is 1.96. The summed E-state index contributed by atoms with van der Waals surface area (Å²) in [6.07, 6.45) is 0.0822. The van der Waals surface area contributed by atoms with E-state index < -0.39 is 5.82 Å². The second-order valence-corrected chi connectivity index (χ2v) is 4.91. The smallest absolute Gasteiger partial charge is 0.172 e. The average Bonchev–Trinajstić information content (AvgIpc) is 2.78. The Morgan fingerprint density at radius 3 is 2.81 bits per heavy atom. The number of anilines is 1. The molecule has 0 fully saturated rings. The van der Waals surface area contributed by atoms with Crippen LogP contribution in [-0.2, 0) is 13.5 Å². The number of nitrogens with zero attached hydrogens (tertiary/aromatic N) is 2. The van der Waals surface area contributed by atoms with Crippen molar-refractivity contribution >= 4 is 22.5 Å². The van der Waals surface area contributed by atoms with Crippen molar-refractivity contribution in [3.63, 3.8) is 0 Å². The standard InChI is InChI=1S/C16H14FN3O/c1-20-14-5-3-2-4-13(14)19-16(20)9-15(21)11-8-10(17)6-7-12(11)18/h2-8H,9,18H2,1H3. The van der Waals surface area contributed by atoms with Crippen LogP contribution in [0.4, 0.5) is 10.1 Å². The van der Waals surface area contributed by atoms with Gasteiger partial charge in [0.1, 0.15) is 11.6 Å². The predicted molar refractivity (Wildman–Crippen MR) is 79.6 cm³/mol.